The Kier molecular flexibility index (Phi) is 3.49. The Morgan fingerprint density at radius 2 is 2.30 bits per heavy atom. The molecule has 0 saturated heterocycles. The highest BCUT2D eigenvalue weighted by molar-refractivity contribution is 5.88. The first kappa shape index (κ1) is 12.8. The van der Waals surface area contributed by atoms with Crippen LogP contribution < -0.4 is 0 Å². The van der Waals surface area contributed by atoms with E-state index in [0.29, 0.717) is 31.3 Å². The molecule has 106 valence electrons. The van der Waals surface area contributed by atoms with Crippen LogP contribution in [0.15, 0.2) is 18.5 Å². The first-order valence-electron chi connectivity index (χ1n) is 6.87. The normalized spacial score (nSPS) is 14.4. The van der Waals surface area contributed by atoms with Crippen LogP contribution in [0.3, 0.4) is 0 Å². The van der Waals surface area contributed by atoms with Gasteiger partial charge in [0.15, 0.2) is 5.69 Å². The van der Waals surface area contributed by atoms with Crippen molar-refractivity contribution >= 4 is 5.97 Å². The van der Waals surface area contributed by atoms with E-state index in [0.717, 1.165) is 18.5 Å². The second-order valence-corrected chi connectivity index (χ2v) is 4.81. The predicted molar refractivity (Wildman–Crippen MR) is 70.2 cm³/mol. The van der Waals surface area contributed by atoms with Gasteiger partial charge in [-0.1, -0.05) is 5.21 Å². The molecule has 7 heteroatoms. The average Bonchev–Trinajstić information content (AvgIpc) is 3.00. The van der Waals surface area contributed by atoms with Crippen molar-refractivity contribution in [1.29, 1.82) is 0 Å². The fraction of sp³-hybridized carbons (Fsp3) is 0.538. The topological polar surface area (TPSA) is 74.8 Å². The van der Waals surface area contributed by atoms with E-state index in [4.69, 9.17) is 4.74 Å². The number of rotatable bonds is 6. The van der Waals surface area contributed by atoms with Crippen molar-refractivity contribution in [1.82, 2.24) is 24.8 Å². The van der Waals surface area contributed by atoms with Gasteiger partial charge in [-0.25, -0.2) is 9.48 Å². The summed E-state index contributed by atoms with van der Waals surface area (Å²) in [5.74, 6) is 0.0155. The average molecular weight is 275 g/mol. The maximum atomic E-state index is 11.9. The molecule has 0 N–H and O–H groups in total. The number of ether oxygens (including phenoxy) is 1. The van der Waals surface area contributed by atoms with Gasteiger partial charge in [-0.2, -0.15) is 5.10 Å². The molecule has 1 aliphatic carbocycles. The molecule has 0 atom stereocenters. The summed E-state index contributed by atoms with van der Waals surface area (Å²) >= 11 is 0. The minimum absolute atomic E-state index is 0.350. The van der Waals surface area contributed by atoms with Crippen LogP contribution in [0, 0.1) is 0 Å². The summed E-state index contributed by atoms with van der Waals surface area (Å²) in [6, 6.07) is 1.88. The smallest absolute Gasteiger partial charge is 0.360 e. The lowest BCUT2D eigenvalue weighted by Crippen LogP contribution is -2.13. The largest absolute Gasteiger partial charge is 0.461 e. The van der Waals surface area contributed by atoms with Crippen molar-refractivity contribution in [2.75, 3.05) is 6.61 Å². The summed E-state index contributed by atoms with van der Waals surface area (Å²) in [4.78, 5) is 11.9. The summed E-state index contributed by atoms with van der Waals surface area (Å²) in [6.45, 7) is 3.50. The van der Waals surface area contributed by atoms with E-state index < -0.39 is 0 Å². The van der Waals surface area contributed by atoms with E-state index in [9.17, 15) is 4.79 Å². The number of carbonyl (C=O) groups is 1. The molecular formula is C13H17N5O2. The zero-order valence-corrected chi connectivity index (χ0v) is 11.4. The standard InChI is InChI=1S/C13H17N5O2/c1-2-20-13(19)11-12(10-4-5-10)18(16-15-11)9-8-17-7-3-6-14-17/h3,6-7,10H,2,4-5,8-9H2,1H3. The maximum absolute atomic E-state index is 11.9. The van der Waals surface area contributed by atoms with E-state index in [1.54, 1.807) is 13.1 Å². The molecule has 7 nitrogen and oxygen atoms in total. The third-order valence-corrected chi connectivity index (χ3v) is 3.31. The maximum Gasteiger partial charge on any atom is 0.360 e. The van der Waals surface area contributed by atoms with Gasteiger partial charge in [-0.05, 0) is 25.8 Å². The number of aryl methyl sites for hydroxylation is 2. The fourth-order valence-electron chi connectivity index (χ4n) is 2.22. The summed E-state index contributed by atoms with van der Waals surface area (Å²) in [6.07, 6.45) is 5.82. The van der Waals surface area contributed by atoms with Crippen molar-refractivity contribution in [2.24, 2.45) is 0 Å². The van der Waals surface area contributed by atoms with Crippen molar-refractivity contribution in [3.63, 3.8) is 0 Å². The quantitative estimate of drug-likeness (QED) is 0.741. The minimum atomic E-state index is -0.375. The van der Waals surface area contributed by atoms with E-state index in [-0.39, 0.29) is 5.97 Å². The molecule has 1 aliphatic rings. The predicted octanol–water partition coefficient (Wildman–Crippen LogP) is 1.23. The highest BCUT2D eigenvalue weighted by atomic mass is 16.5. The fourth-order valence-corrected chi connectivity index (χ4v) is 2.22. The Labute approximate surface area is 116 Å². The minimum Gasteiger partial charge on any atom is -0.461 e. The van der Waals surface area contributed by atoms with Crippen LogP contribution in [0.2, 0.25) is 0 Å². The Morgan fingerprint density at radius 3 is 2.95 bits per heavy atom. The molecule has 3 rings (SSSR count). The molecule has 0 amide bonds. The molecule has 0 aliphatic heterocycles. The van der Waals surface area contributed by atoms with Gasteiger partial charge in [-0.3, -0.25) is 4.68 Å². The highest BCUT2D eigenvalue weighted by Crippen LogP contribution is 2.41. The molecule has 20 heavy (non-hydrogen) atoms. The molecule has 0 radical (unpaired) electrons. The van der Waals surface area contributed by atoms with E-state index >= 15 is 0 Å². The Bertz CT molecular complexity index is 586. The van der Waals surface area contributed by atoms with Crippen molar-refractivity contribution in [3.8, 4) is 0 Å². The van der Waals surface area contributed by atoms with E-state index in [1.165, 1.54) is 0 Å². The Balaban J connectivity index is 1.78. The number of aromatic nitrogens is 5. The molecule has 2 heterocycles. The first-order valence-corrected chi connectivity index (χ1v) is 6.87. The van der Waals surface area contributed by atoms with Gasteiger partial charge < -0.3 is 4.74 Å². The van der Waals surface area contributed by atoms with Crippen LogP contribution >= 0.6 is 0 Å². The number of hydrogen-bond acceptors (Lipinski definition) is 5. The lowest BCUT2D eigenvalue weighted by molar-refractivity contribution is 0.0518. The van der Waals surface area contributed by atoms with Crippen LogP contribution in [-0.2, 0) is 17.8 Å². The molecule has 0 spiro atoms. The second-order valence-electron chi connectivity index (χ2n) is 4.81. The van der Waals surface area contributed by atoms with E-state index in [1.807, 2.05) is 21.6 Å². The van der Waals surface area contributed by atoms with Gasteiger partial charge >= 0.3 is 5.97 Å². The molecule has 2 aromatic rings. The molecule has 0 aromatic carbocycles. The number of hydrogen-bond donors (Lipinski definition) is 0. The first-order chi connectivity index (χ1) is 9.79. The van der Waals surface area contributed by atoms with E-state index in [2.05, 4.69) is 15.4 Å². The number of carbonyl (C=O) groups excluding carboxylic acids is 1. The number of nitrogens with zero attached hydrogens (tertiary/aromatic N) is 5. The molecule has 1 fully saturated rings. The van der Waals surface area contributed by atoms with Crippen LogP contribution in [0.25, 0.3) is 0 Å². The van der Waals surface area contributed by atoms with Crippen LogP contribution in [0.1, 0.15) is 41.9 Å². The Morgan fingerprint density at radius 1 is 1.45 bits per heavy atom. The lowest BCUT2D eigenvalue weighted by Gasteiger charge is -2.07. The van der Waals surface area contributed by atoms with Crippen LogP contribution in [0.4, 0.5) is 0 Å². The molecule has 0 unspecified atom stereocenters. The summed E-state index contributed by atoms with van der Waals surface area (Å²) in [5, 5.41) is 12.3. The zero-order valence-electron chi connectivity index (χ0n) is 11.4. The Hall–Kier alpha value is -2.18. The second kappa shape index (κ2) is 5.44. The molecular weight excluding hydrogens is 258 g/mol. The monoisotopic (exact) mass is 275 g/mol. The molecule has 2 aromatic heterocycles. The SMILES string of the molecule is CCOC(=O)c1nnn(CCn2cccn2)c1C1CC1. The van der Waals surface area contributed by atoms with Gasteiger partial charge in [0.2, 0.25) is 0 Å². The van der Waals surface area contributed by atoms with Crippen molar-refractivity contribution in [3.05, 3.63) is 29.8 Å². The van der Waals surface area contributed by atoms with Crippen molar-refractivity contribution in [2.45, 2.75) is 38.8 Å². The van der Waals surface area contributed by atoms with Crippen molar-refractivity contribution < 1.29 is 9.53 Å². The molecule has 0 bridgehead atoms. The van der Waals surface area contributed by atoms with Gasteiger partial charge in [0.05, 0.1) is 25.4 Å². The van der Waals surface area contributed by atoms with Gasteiger partial charge in [-0.15, -0.1) is 5.10 Å². The van der Waals surface area contributed by atoms with Gasteiger partial charge in [0.25, 0.3) is 0 Å². The molecule has 1 saturated carbocycles. The summed E-state index contributed by atoms with van der Waals surface area (Å²) in [5.41, 5.74) is 1.28. The highest BCUT2D eigenvalue weighted by Gasteiger charge is 2.34. The third-order valence-electron chi connectivity index (χ3n) is 3.31. The summed E-state index contributed by atoms with van der Waals surface area (Å²) < 4.78 is 8.68. The van der Waals surface area contributed by atoms with Crippen LogP contribution in [-0.4, -0.2) is 37.4 Å². The third kappa shape index (κ3) is 2.56. The number of esters is 1. The lowest BCUT2D eigenvalue weighted by atomic mass is 10.2. The van der Waals surface area contributed by atoms with Crippen LogP contribution in [0.5, 0.6) is 0 Å². The van der Waals surface area contributed by atoms with Gasteiger partial charge in [0, 0.05) is 18.3 Å². The zero-order chi connectivity index (χ0) is 13.9. The summed E-state index contributed by atoms with van der Waals surface area (Å²) in [7, 11) is 0. The van der Waals surface area contributed by atoms with Gasteiger partial charge in [0.1, 0.15) is 0 Å².